The third-order valence-electron chi connectivity index (χ3n) is 6.77. The number of amides is 1. The minimum absolute atomic E-state index is 0.0122. The molecule has 2 aliphatic heterocycles. The number of imidazole rings is 1. The summed E-state index contributed by atoms with van der Waals surface area (Å²) in [6.45, 7) is 3.45. The normalized spacial score (nSPS) is 29.2. The molecule has 2 aliphatic rings. The SMILES string of the molecule is CN1CCCCC[C@@H]2N(C(=O)c3nccn3C)[C@H](c3ccccc3)C[C@@]21C. The summed E-state index contributed by atoms with van der Waals surface area (Å²) in [6.07, 6.45) is 9.24. The van der Waals surface area contributed by atoms with Gasteiger partial charge in [0.2, 0.25) is 0 Å². The average molecular weight is 367 g/mol. The first kappa shape index (κ1) is 18.2. The molecular weight excluding hydrogens is 336 g/mol. The van der Waals surface area contributed by atoms with E-state index in [1.54, 1.807) is 6.20 Å². The van der Waals surface area contributed by atoms with E-state index < -0.39 is 0 Å². The maximum Gasteiger partial charge on any atom is 0.290 e. The number of benzene rings is 1. The van der Waals surface area contributed by atoms with E-state index in [0.717, 1.165) is 19.4 Å². The molecule has 2 aromatic rings. The van der Waals surface area contributed by atoms with Gasteiger partial charge in [-0.05, 0) is 45.3 Å². The Labute approximate surface area is 162 Å². The van der Waals surface area contributed by atoms with E-state index >= 15 is 0 Å². The Bertz CT molecular complexity index is 802. The van der Waals surface area contributed by atoms with E-state index in [0.29, 0.717) is 5.82 Å². The van der Waals surface area contributed by atoms with Gasteiger partial charge in [-0.2, -0.15) is 0 Å². The van der Waals surface area contributed by atoms with Crippen molar-refractivity contribution in [3.8, 4) is 0 Å². The number of aromatic nitrogens is 2. The molecule has 0 radical (unpaired) electrons. The van der Waals surface area contributed by atoms with Crippen molar-refractivity contribution < 1.29 is 4.79 Å². The summed E-state index contributed by atoms with van der Waals surface area (Å²) in [5.74, 6) is 0.587. The van der Waals surface area contributed by atoms with Crippen LogP contribution in [-0.4, -0.2) is 50.4 Å². The number of aryl methyl sites for hydroxylation is 1. The molecule has 5 nitrogen and oxygen atoms in total. The third kappa shape index (κ3) is 3.08. The van der Waals surface area contributed by atoms with Crippen molar-refractivity contribution in [2.45, 2.75) is 56.7 Å². The summed E-state index contributed by atoms with van der Waals surface area (Å²) in [6, 6.07) is 10.8. The fourth-order valence-electron chi connectivity index (χ4n) is 5.05. The predicted octanol–water partition coefficient (Wildman–Crippen LogP) is 3.64. The van der Waals surface area contributed by atoms with Crippen molar-refractivity contribution >= 4 is 5.91 Å². The van der Waals surface area contributed by atoms with Crippen LogP contribution in [0, 0.1) is 0 Å². The Morgan fingerprint density at radius 2 is 1.93 bits per heavy atom. The van der Waals surface area contributed by atoms with E-state index in [2.05, 4.69) is 53.0 Å². The van der Waals surface area contributed by atoms with Gasteiger partial charge in [0.05, 0.1) is 12.1 Å². The molecule has 144 valence electrons. The molecular formula is C22H30N4O. The Hall–Kier alpha value is -2.14. The highest BCUT2D eigenvalue weighted by Crippen LogP contribution is 2.48. The molecule has 0 N–H and O–H groups in total. The van der Waals surface area contributed by atoms with Gasteiger partial charge >= 0.3 is 0 Å². The lowest BCUT2D eigenvalue weighted by Gasteiger charge is -2.43. The first-order valence-corrected chi connectivity index (χ1v) is 10.1. The maximum atomic E-state index is 13.6. The topological polar surface area (TPSA) is 41.4 Å². The third-order valence-corrected chi connectivity index (χ3v) is 6.77. The van der Waals surface area contributed by atoms with E-state index in [4.69, 9.17) is 0 Å². The Balaban J connectivity index is 1.79. The van der Waals surface area contributed by atoms with Crippen LogP contribution in [0.5, 0.6) is 0 Å². The summed E-state index contributed by atoms with van der Waals surface area (Å²) >= 11 is 0. The van der Waals surface area contributed by atoms with Crippen LogP contribution in [0.15, 0.2) is 42.7 Å². The van der Waals surface area contributed by atoms with Gasteiger partial charge in [0.1, 0.15) is 0 Å². The summed E-state index contributed by atoms with van der Waals surface area (Å²) in [4.78, 5) is 22.7. The molecule has 0 unspecified atom stereocenters. The number of likely N-dealkylation sites (tertiary alicyclic amines) is 2. The molecule has 0 spiro atoms. The van der Waals surface area contributed by atoms with Crippen molar-refractivity contribution in [2.24, 2.45) is 7.05 Å². The largest absolute Gasteiger partial charge is 0.330 e. The molecule has 1 aromatic carbocycles. The van der Waals surface area contributed by atoms with Crippen LogP contribution in [0.25, 0.3) is 0 Å². The first-order chi connectivity index (χ1) is 13.0. The summed E-state index contributed by atoms with van der Waals surface area (Å²) in [7, 11) is 4.13. The van der Waals surface area contributed by atoms with Gasteiger partial charge in [-0.15, -0.1) is 0 Å². The van der Waals surface area contributed by atoms with Crippen molar-refractivity contribution in [2.75, 3.05) is 13.6 Å². The molecule has 0 saturated carbocycles. The molecule has 0 aliphatic carbocycles. The molecule has 2 fully saturated rings. The molecule has 5 heteroatoms. The zero-order valence-electron chi connectivity index (χ0n) is 16.6. The molecule has 1 aromatic heterocycles. The van der Waals surface area contributed by atoms with Crippen LogP contribution in [0.4, 0.5) is 0 Å². The smallest absolute Gasteiger partial charge is 0.290 e. The lowest BCUT2D eigenvalue weighted by atomic mass is 9.84. The highest BCUT2D eigenvalue weighted by Gasteiger charge is 2.53. The van der Waals surface area contributed by atoms with Crippen molar-refractivity contribution in [3.63, 3.8) is 0 Å². The Morgan fingerprint density at radius 1 is 1.15 bits per heavy atom. The molecule has 1 amide bonds. The Morgan fingerprint density at radius 3 is 2.63 bits per heavy atom. The standard InChI is InChI=1S/C22H30N4O/c1-22-16-18(17-10-6-4-7-11-17)26(21(27)20-23-13-15-24(20)2)19(22)12-8-5-9-14-25(22)3/h4,6-7,10-11,13,15,18-19H,5,8-9,12,14,16H2,1-3H3/t18-,19-,22-/m0/s1. The molecule has 3 atom stereocenters. The number of likely N-dealkylation sites (N-methyl/N-ethyl adjacent to an activating group) is 1. The van der Waals surface area contributed by atoms with E-state index in [1.807, 2.05) is 23.9 Å². The quantitative estimate of drug-likeness (QED) is 0.815. The van der Waals surface area contributed by atoms with Crippen LogP contribution >= 0.6 is 0 Å². The highest BCUT2D eigenvalue weighted by molar-refractivity contribution is 5.92. The summed E-state index contributed by atoms with van der Waals surface area (Å²) in [5.41, 5.74) is 1.21. The number of hydrogen-bond donors (Lipinski definition) is 0. The van der Waals surface area contributed by atoms with Crippen molar-refractivity contribution in [1.82, 2.24) is 19.4 Å². The second kappa shape index (κ2) is 7.12. The summed E-state index contributed by atoms with van der Waals surface area (Å²) in [5, 5.41) is 0. The monoisotopic (exact) mass is 366 g/mol. The number of hydrogen-bond acceptors (Lipinski definition) is 3. The van der Waals surface area contributed by atoms with Crippen LogP contribution in [0.2, 0.25) is 0 Å². The van der Waals surface area contributed by atoms with E-state index in [1.165, 1.54) is 24.8 Å². The highest BCUT2D eigenvalue weighted by atomic mass is 16.2. The van der Waals surface area contributed by atoms with Gasteiger partial charge < -0.3 is 9.47 Å². The zero-order chi connectivity index (χ0) is 19.0. The lowest BCUT2D eigenvalue weighted by molar-refractivity contribution is 0.0440. The molecule has 27 heavy (non-hydrogen) atoms. The summed E-state index contributed by atoms with van der Waals surface area (Å²) < 4.78 is 1.84. The maximum absolute atomic E-state index is 13.6. The minimum atomic E-state index is -0.0122. The number of carbonyl (C=O) groups is 1. The first-order valence-electron chi connectivity index (χ1n) is 10.1. The zero-order valence-corrected chi connectivity index (χ0v) is 16.6. The van der Waals surface area contributed by atoms with Gasteiger partial charge in [0.15, 0.2) is 5.82 Å². The van der Waals surface area contributed by atoms with Crippen molar-refractivity contribution in [1.29, 1.82) is 0 Å². The molecule has 3 heterocycles. The number of fused-ring (bicyclic) bond motifs is 1. The predicted molar refractivity (Wildman–Crippen MR) is 106 cm³/mol. The fourth-order valence-corrected chi connectivity index (χ4v) is 5.05. The number of nitrogens with zero attached hydrogens (tertiary/aromatic N) is 4. The lowest BCUT2D eigenvalue weighted by Crippen LogP contribution is -2.55. The van der Waals surface area contributed by atoms with Crippen LogP contribution in [0.3, 0.4) is 0 Å². The van der Waals surface area contributed by atoms with Gasteiger partial charge in [0, 0.05) is 25.0 Å². The van der Waals surface area contributed by atoms with Gasteiger partial charge in [-0.1, -0.05) is 43.2 Å². The average Bonchev–Trinajstić information content (AvgIpc) is 3.22. The van der Waals surface area contributed by atoms with E-state index in [9.17, 15) is 4.79 Å². The molecule has 2 saturated heterocycles. The Kier molecular flexibility index (Phi) is 4.81. The molecule has 0 bridgehead atoms. The van der Waals surface area contributed by atoms with Crippen molar-refractivity contribution in [3.05, 3.63) is 54.1 Å². The van der Waals surface area contributed by atoms with Crippen LogP contribution in [-0.2, 0) is 7.05 Å². The number of rotatable bonds is 2. The van der Waals surface area contributed by atoms with Gasteiger partial charge in [-0.3, -0.25) is 9.69 Å². The minimum Gasteiger partial charge on any atom is -0.330 e. The van der Waals surface area contributed by atoms with E-state index in [-0.39, 0.29) is 23.5 Å². The van der Waals surface area contributed by atoms with Gasteiger partial charge in [-0.25, -0.2) is 4.98 Å². The van der Waals surface area contributed by atoms with Gasteiger partial charge in [0.25, 0.3) is 5.91 Å². The molecule has 4 rings (SSSR count). The van der Waals surface area contributed by atoms with Crippen LogP contribution in [0.1, 0.15) is 61.3 Å². The van der Waals surface area contributed by atoms with Crippen LogP contribution < -0.4 is 0 Å². The second-order valence-electron chi connectivity index (χ2n) is 8.35. The number of carbonyl (C=O) groups excluding carboxylic acids is 1. The fraction of sp³-hybridized carbons (Fsp3) is 0.545. The second-order valence-corrected chi connectivity index (χ2v) is 8.35.